The van der Waals surface area contributed by atoms with Crippen molar-refractivity contribution < 1.29 is 9.53 Å². The van der Waals surface area contributed by atoms with Gasteiger partial charge in [0.2, 0.25) is 0 Å². The second-order valence-electron chi connectivity index (χ2n) is 6.30. The average molecular weight is 351 g/mol. The molecule has 2 heterocycles. The van der Waals surface area contributed by atoms with E-state index in [1.165, 1.54) is 19.3 Å². The highest BCUT2D eigenvalue weighted by Crippen LogP contribution is 2.21. The summed E-state index contributed by atoms with van der Waals surface area (Å²) < 4.78 is 7.39. The lowest BCUT2D eigenvalue weighted by atomic mass is 9.98. The minimum atomic E-state index is -0.277. The van der Waals surface area contributed by atoms with Crippen LogP contribution in [0.1, 0.15) is 54.6 Å². The number of aromatic nitrogens is 3. The monoisotopic (exact) mass is 350 g/mol. The molecule has 2 aromatic heterocycles. The first-order valence-electron chi connectivity index (χ1n) is 8.55. The van der Waals surface area contributed by atoms with Crippen LogP contribution in [0.4, 0.5) is 0 Å². The molecule has 6 nitrogen and oxygen atoms in total. The Morgan fingerprint density at radius 2 is 2.21 bits per heavy atom. The quantitative estimate of drug-likeness (QED) is 0.812. The van der Waals surface area contributed by atoms with Crippen molar-refractivity contribution in [1.29, 1.82) is 0 Å². The predicted octanol–water partition coefficient (Wildman–Crippen LogP) is 3.16. The maximum atomic E-state index is 12.2. The SMILES string of the molecule is Cc1cnc2c(Cl)c(C(=O)NCCCOC3CCCCC3)nn2c1. The van der Waals surface area contributed by atoms with Gasteiger partial charge in [-0.1, -0.05) is 30.9 Å². The van der Waals surface area contributed by atoms with Crippen LogP contribution in [0.2, 0.25) is 5.02 Å². The second kappa shape index (κ2) is 7.94. The van der Waals surface area contributed by atoms with Gasteiger partial charge in [-0.25, -0.2) is 9.50 Å². The van der Waals surface area contributed by atoms with Gasteiger partial charge >= 0.3 is 0 Å². The van der Waals surface area contributed by atoms with Gasteiger partial charge < -0.3 is 10.1 Å². The third-order valence-corrected chi connectivity index (χ3v) is 4.62. The molecule has 0 bridgehead atoms. The standard InChI is InChI=1S/C17H23ClN4O2/c1-12-10-20-16-14(18)15(21-22(16)11-12)17(23)19-8-5-9-24-13-6-3-2-4-7-13/h10-11,13H,2-9H2,1H3,(H,19,23). The van der Waals surface area contributed by atoms with Crippen LogP contribution in [0.15, 0.2) is 12.4 Å². The minimum absolute atomic E-state index is 0.211. The summed E-state index contributed by atoms with van der Waals surface area (Å²) >= 11 is 6.21. The lowest BCUT2D eigenvalue weighted by Gasteiger charge is -2.21. The molecule has 24 heavy (non-hydrogen) atoms. The van der Waals surface area contributed by atoms with Gasteiger partial charge in [0.05, 0.1) is 6.10 Å². The molecule has 1 saturated carbocycles. The Hall–Kier alpha value is -1.66. The first kappa shape index (κ1) is 17.2. The van der Waals surface area contributed by atoms with Crippen LogP contribution in [-0.4, -0.2) is 39.8 Å². The van der Waals surface area contributed by atoms with Gasteiger partial charge in [0.1, 0.15) is 5.02 Å². The van der Waals surface area contributed by atoms with E-state index in [0.717, 1.165) is 24.8 Å². The van der Waals surface area contributed by atoms with E-state index in [1.807, 2.05) is 6.92 Å². The van der Waals surface area contributed by atoms with E-state index < -0.39 is 0 Å². The molecule has 0 spiro atoms. The maximum Gasteiger partial charge on any atom is 0.273 e. The van der Waals surface area contributed by atoms with Gasteiger partial charge in [0.25, 0.3) is 5.91 Å². The Balaban J connectivity index is 1.47. The number of carbonyl (C=O) groups excluding carboxylic acids is 1. The van der Waals surface area contributed by atoms with E-state index in [1.54, 1.807) is 16.9 Å². The van der Waals surface area contributed by atoms with Gasteiger partial charge in [-0.3, -0.25) is 4.79 Å². The first-order chi connectivity index (χ1) is 11.6. The molecule has 0 aromatic carbocycles. The highest BCUT2D eigenvalue weighted by atomic mass is 35.5. The van der Waals surface area contributed by atoms with Crippen molar-refractivity contribution in [2.75, 3.05) is 13.2 Å². The summed E-state index contributed by atoms with van der Waals surface area (Å²) in [6.45, 7) is 3.13. The van der Waals surface area contributed by atoms with E-state index in [4.69, 9.17) is 16.3 Å². The second-order valence-corrected chi connectivity index (χ2v) is 6.68. The molecule has 0 aliphatic heterocycles. The van der Waals surface area contributed by atoms with Crippen LogP contribution in [0, 0.1) is 6.92 Å². The van der Waals surface area contributed by atoms with Crippen molar-refractivity contribution >= 4 is 23.2 Å². The Labute approximate surface area is 146 Å². The van der Waals surface area contributed by atoms with Crippen LogP contribution in [0.25, 0.3) is 5.65 Å². The van der Waals surface area contributed by atoms with Crippen LogP contribution in [0.3, 0.4) is 0 Å². The smallest absolute Gasteiger partial charge is 0.273 e. The number of nitrogens with one attached hydrogen (secondary N) is 1. The highest BCUT2D eigenvalue weighted by molar-refractivity contribution is 6.36. The van der Waals surface area contributed by atoms with E-state index in [2.05, 4.69) is 15.4 Å². The third kappa shape index (κ3) is 4.05. The lowest BCUT2D eigenvalue weighted by Crippen LogP contribution is -2.26. The molecule has 1 aliphatic carbocycles. The Bertz CT molecular complexity index is 710. The number of ether oxygens (including phenoxy) is 1. The van der Waals surface area contributed by atoms with Gasteiger partial charge in [-0.05, 0) is 31.7 Å². The number of rotatable bonds is 6. The molecule has 0 unspecified atom stereocenters. The molecule has 0 radical (unpaired) electrons. The van der Waals surface area contributed by atoms with Gasteiger partial charge in [-0.15, -0.1) is 0 Å². The van der Waals surface area contributed by atoms with Crippen LogP contribution >= 0.6 is 11.6 Å². The summed E-state index contributed by atoms with van der Waals surface area (Å²) in [6, 6.07) is 0. The first-order valence-corrected chi connectivity index (χ1v) is 8.93. The fourth-order valence-corrected chi connectivity index (χ4v) is 3.24. The summed E-state index contributed by atoms with van der Waals surface area (Å²) in [7, 11) is 0. The molecular formula is C17H23ClN4O2. The summed E-state index contributed by atoms with van der Waals surface area (Å²) in [5.41, 5.74) is 1.66. The van der Waals surface area contributed by atoms with E-state index in [9.17, 15) is 4.79 Å². The molecule has 1 amide bonds. The van der Waals surface area contributed by atoms with Crippen molar-refractivity contribution in [2.45, 2.75) is 51.6 Å². The molecule has 3 rings (SSSR count). The maximum absolute atomic E-state index is 12.2. The molecular weight excluding hydrogens is 328 g/mol. The summed E-state index contributed by atoms with van der Waals surface area (Å²) in [4.78, 5) is 16.5. The van der Waals surface area contributed by atoms with Gasteiger partial charge in [0.15, 0.2) is 11.3 Å². The number of nitrogens with zero attached hydrogens (tertiary/aromatic N) is 3. The highest BCUT2D eigenvalue weighted by Gasteiger charge is 2.18. The molecule has 0 atom stereocenters. The van der Waals surface area contributed by atoms with Crippen molar-refractivity contribution in [2.24, 2.45) is 0 Å². The number of aryl methyl sites for hydroxylation is 1. The topological polar surface area (TPSA) is 68.5 Å². The van der Waals surface area contributed by atoms with Gasteiger partial charge in [-0.2, -0.15) is 5.10 Å². The zero-order valence-corrected chi connectivity index (χ0v) is 14.7. The average Bonchev–Trinajstić information content (AvgIpc) is 2.91. The van der Waals surface area contributed by atoms with Crippen LogP contribution < -0.4 is 5.32 Å². The number of hydrogen-bond donors (Lipinski definition) is 1. The van der Waals surface area contributed by atoms with Crippen LogP contribution in [-0.2, 0) is 4.74 Å². The Morgan fingerprint density at radius 3 is 3.00 bits per heavy atom. The van der Waals surface area contributed by atoms with E-state index >= 15 is 0 Å². The number of hydrogen-bond acceptors (Lipinski definition) is 4. The Kier molecular flexibility index (Phi) is 5.68. The lowest BCUT2D eigenvalue weighted by molar-refractivity contribution is 0.0273. The zero-order chi connectivity index (χ0) is 16.9. The van der Waals surface area contributed by atoms with Crippen molar-refractivity contribution in [1.82, 2.24) is 19.9 Å². The van der Waals surface area contributed by atoms with Crippen molar-refractivity contribution in [3.63, 3.8) is 0 Å². The number of amides is 1. The third-order valence-electron chi connectivity index (χ3n) is 4.27. The molecule has 7 heteroatoms. The molecule has 0 saturated heterocycles. The molecule has 2 aromatic rings. The Morgan fingerprint density at radius 1 is 1.42 bits per heavy atom. The minimum Gasteiger partial charge on any atom is -0.378 e. The number of fused-ring (bicyclic) bond motifs is 1. The van der Waals surface area contributed by atoms with Crippen LogP contribution in [0.5, 0.6) is 0 Å². The van der Waals surface area contributed by atoms with Crippen molar-refractivity contribution in [3.8, 4) is 0 Å². The number of carbonyl (C=O) groups is 1. The predicted molar refractivity (Wildman–Crippen MR) is 92.5 cm³/mol. The molecule has 1 aliphatic rings. The fourth-order valence-electron chi connectivity index (χ4n) is 2.99. The van der Waals surface area contributed by atoms with Gasteiger partial charge in [0, 0.05) is 25.5 Å². The molecule has 1 N–H and O–H groups in total. The fraction of sp³-hybridized carbons (Fsp3) is 0.588. The largest absolute Gasteiger partial charge is 0.378 e. The summed E-state index contributed by atoms with van der Waals surface area (Å²) in [6.07, 6.45) is 10.9. The molecule has 1 fully saturated rings. The normalized spacial score (nSPS) is 15.8. The zero-order valence-electron chi connectivity index (χ0n) is 13.9. The van der Waals surface area contributed by atoms with Crippen molar-refractivity contribution in [3.05, 3.63) is 28.7 Å². The number of halogens is 1. The van der Waals surface area contributed by atoms with E-state index in [-0.39, 0.29) is 16.6 Å². The summed E-state index contributed by atoms with van der Waals surface area (Å²) in [5, 5.41) is 7.35. The summed E-state index contributed by atoms with van der Waals surface area (Å²) in [5.74, 6) is -0.277. The molecule has 130 valence electrons. The van der Waals surface area contributed by atoms with E-state index in [0.29, 0.717) is 24.9 Å².